The first-order valence-corrected chi connectivity index (χ1v) is 7.95. The average molecular weight is 352 g/mol. The molecular formula is C19H14BrNO. The minimum atomic E-state index is 0.855. The molecule has 2 nitrogen and oxygen atoms in total. The van der Waals surface area contributed by atoms with Gasteiger partial charge in [-0.1, -0.05) is 45.8 Å². The van der Waals surface area contributed by atoms with Gasteiger partial charge in [0.15, 0.2) is 11.5 Å². The van der Waals surface area contributed by atoms with Crippen LogP contribution in [0.2, 0.25) is 0 Å². The van der Waals surface area contributed by atoms with Gasteiger partial charge in [0.1, 0.15) is 0 Å². The maximum atomic E-state index is 6.06. The van der Waals surface area contributed by atoms with Crippen molar-refractivity contribution in [1.82, 2.24) is 0 Å². The molecule has 108 valence electrons. The highest BCUT2D eigenvalue weighted by molar-refractivity contribution is 9.10. The van der Waals surface area contributed by atoms with E-state index in [9.17, 15) is 0 Å². The molecule has 1 heterocycles. The van der Waals surface area contributed by atoms with Crippen LogP contribution in [-0.4, -0.2) is 0 Å². The predicted octanol–water partition coefficient (Wildman–Crippen LogP) is 6.33. The van der Waals surface area contributed by atoms with Crippen LogP contribution in [0.5, 0.6) is 11.5 Å². The fourth-order valence-electron chi connectivity index (χ4n) is 2.70. The Bertz CT molecular complexity index is 842. The zero-order valence-corrected chi connectivity index (χ0v) is 13.7. The summed E-state index contributed by atoms with van der Waals surface area (Å²) in [4.78, 5) is 2.24. The summed E-state index contributed by atoms with van der Waals surface area (Å²) < 4.78 is 7.07. The van der Waals surface area contributed by atoms with Crippen LogP contribution in [0.4, 0.5) is 17.1 Å². The number of nitrogens with zero attached hydrogens (tertiary/aromatic N) is 1. The maximum Gasteiger partial charge on any atom is 0.152 e. The second-order valence-corrected chi connectivity index (χ2v) is 6.27. The largest absolute Gasteiger partial charge is 0.453 e. The van der Waals surface area contributed by atoms with E-state index in [1.165, 1.54) is 5.56 Å². The topological polar surface area (TPSA) is 12.5 Å². The first-order chi connectivity index (χ1) is 10.7. The van der Waals surface area contributed by atoms with Gasteiger partial charge in [0, 0.05) is 10.2 Å². The maximum absolute atomic E-state index is 6.06. The van der Waals surface area contributed by atoms with Gasteiger partial charge in [0.05, 0.1) is 11.4 Å². The molecule has 0 aliphatic carbocycles. The standard InChI is InChI=1S/C19H14BrNO/c1-13-6-9-15(10-7-13)21-16-4-2-3-5-18(16)22-19-12-14(20)8-11-17(19)21/h2-12H,1H3. The van der Waals surface area contributed by atoms with Crippen LogP contribution in [0, 0.1) is 6.92 Å². The highest BCUT2D eigenvalue weighted by Gasteiger charge is 2.25. The molecule has 0 N–H and O–H groups in total. The van der Waals surface area contributed by atoms with E-state index < -0.39 is 0 Å². The van der Waals surface area contributed by atoms with Crippen molar-refractivity contribution in [2.45, 2.75) is 6.92 Å². The third kappa shape index (κ3) is 2.18. The molecule has 0 radical (unpaired) electrons. The van der Waals surface area contributed by atoms with Gasteiger partial charge < -0.3 is 9.64 Å². The number of rotatable bonds is 1. The minimum absolute atomic E-state index is 0.855. The van der Waals surface area contributed by atoms with Crippen molar-refractivity contribution in [3.05, 3.63) is 76.8 Å². The monoisotopic (exact) mass is 351 g/mol. The summed E-state index contributed by atoms with van der Waals surface area (Å²) in [5, 5.41) is 0. The van der Waals surface area contributed by atoms with E-state index in [0.717, 1.165) is 33.0 Å². The lowest BCUT2D eigenvalue weighted by atomic mass is 10.1. The van der Waals surface area contributed by atoms with Crippen molar-refractivity contribution in [1.29, 1.82) is 0 Å². The van der Waals surface area contributed by atoms with Gasteiger partial charge in [-0.25, -0.2) is 0 Å². The fraction of sp³-hybridized carbons (Fsp3) is 0.0526. The van der Waals surface area contributed by atoms with Gasteiger partial charge in [-0.3, -0.25) is 0 Å². The highest BCUT2D eigenvalue weighted by Crippen LogP contribution is 2.50. The van der Waals surface area contributed by atoms with Crippen LogP contribution in [-0.2, 0) is 0 Å². The summed E-state index contributed by atoms with van der Waals surface area (Å²) in [6.45, 7) is 2.10. The number of halogens is 1. The molecule has 1 aliphatic rings. The van der Waals surface area contributed by atoms with Crippen LogP contribution < -0.4 is 9.64 Å². The molecule has 0 atom stereocenters. The van der Waals surface area contributed by atoms with Crippen molar-refractivity contribution in [3.63, 3.8) is 0 Å². The molecule has 1 aliphatic heterocycles. The number of hydrogen-bond acceptors (Lipinski definition) is 2. The quantitative estimate of drug-likeness (QED) is 0.397. The van der Waals surface area contributed by atoms with E-state index in [1.807, 2.05) is 30.3 Å². The Kier molecular flexibility index (Phi) is 3.16. The Labute approximate surface area is 138 Å². The fourth-order valence-corrected chi connectivity index (χ4v) is 3.04. The summed E-state index contributed by atoms with van der Waals surface area (Å²) in [5.74, 6) is 1.72. The number of ether oxygens (including phenoxy) is 1. The van der Waals surface area contributed by atoms with Gasteiger partial charge in [-0.2, -0.15) is 0 Å². The van der Waals surface area contributed by atoms with Gasteiger partial charge in [0.25, 0.3) is 0 Å². The normalized spacial score (nSPS) is 12.4. The van der Waals surface area contributed by atoms with E-state index in [0.29, 0.717) is 0 Å². The van der Waals surface area contributed by atoms with E-state index in [4.69, 9.17) is 4.74 Å². The van der Waals surface area contributed by atoms with Crippen molar-refractivity contribution < 1.29 is 4.74 Å². The Balaban J connectivity index is 1.95. The summed E-state index contributed by atoms with van der Waals surface area (Å²) in [6, 6.07) is 22.8. The lowest BCUT2D eigenvalue weighted by Crippen LogP contribution is -2.15. The van der Waals surface area contributed by atoms with Crippen LogP contribution in [0.3, 0.4) is 0 Å². The summed E-state index contributed by atoms with van der Waals surface area (Å²) in [6.07, 6.45) is 0. The Hall–Kier alpha value is -2.26. The summed E-state index contributed by atoms with van der Waals surface area (Å²) in [7, 11) is 0. The molecular weight excluding hydrogens is 338 g/mol. The number of fused-ring (bicyclic) bond motifs is 2. The third-order valence-electron chi connectivity index (χ3n) is 3.78. The van der Waals surface area contributed by atoms with E-state index >= 15 is 0 Å². The SMILES string of the molecule is Cc1ccc(N2c3ccccc3Oc3cc(Br)ccc32)cc1. The first-order valence-electron chi connectivity index (χ1n) is 7.15. The van der Waals surface area contributed by atoms with E-state index in [2.05, 4.69) is 64.2 Å². The second kappa shape index (κ2) is 5.18. The lowest BCUT2D eigenvalue weighted by molar-refractivity contribution is 0.476. The number of benzene rings is 3. The lowest BCUT2D eigenvalue weighted by Gasteiger charge is -2.33. The number of hydrogen-bond donors (Lipinski definition) is 0. The van der Waals surface area contributed by atoms with Gasteiger partial charge in [-0.05, 0) is 49.4 Å². The van der Waals surface area contributed by atoms with Gasteiger partial charge in [0.2, 0.25) is 0 Å². The molecule has 0 bridgehead atoms. The zero-order valence-electron chi connectivity index (χ0n) is 12.1. The summed E-state index contributed by atoms with van der Waals surface area (Å²) >= 11 is 3.52. The van der Waals surface area contributed by atoms with Crippen LogP contribution in [0.15, 0.2) is 71.2 Å². The Morgan fingerprint density at radius 3 is 2.36 bits per heavy atom. The molecule has 0 saturated carbocycles. The average Bonchev–Trinajstić information content (AvgIpc) is 2.53. The highest BCUT2D eigenvalue weighted by atomic mass is 79.9. The van der Waals surface area contributed by atoms with Crippen LogP contribution in [0.25, 0.3) is 0 Å². The van der Waals surface area contributed by atoms with Crippen LogP contribution >= 0.6 is 15.9 Å². The second-order valence-electron chi connectivity index (χ2n) is 5.35. The van der Waals surface area contributed by atoms with Crippen molar-refractivity contribution >= 4 is 33.0 Å². The zero-order chi connectivity index (χ0) is 15.1. The molecule has 3 aromatic carbocycles. The first kappa shape index (κ1) is 13.4. The molecule has 0 unspecified atom stereocenters. The number of anilines is 3. The predicted molar refractivity (Wildman–Crippen MR) is 93.6 cm³/mol. The van der Waals surface area contributed by atoms with Gasteiger partial charge >= 0.3 is 0 Å². The summed E-state index contributed by atoms with van der Waals surface area (Å²) in [5.41, 5.74) is 4.48. The molecule has 0 spiro atoms. The molecule has 0 aromatic heterocycles. The molecule has 4 rings (SSSR count). The Morgan fingerprint density at radius 1 is 0.818 bits per heavy atom. The minimum Gasteiger partial charge on any atom is -0.453 e. The van der Waals surface area contributed by atoms with Gasteiger partial charge in [-0.15, -0.1) is 0 Å². The Morgan fingerprint density at radius 2 is 1.55 bits per heavy atom. The smallest absolute Gasteiger partial charge is 0.152 e. The molecule has 22 heavy (non-hydrogen) atoms. The van der Waals surface area contributed by atoms with E-state index in [-0.39, 0.29) is 0 Å². The van der Waals surface area contributed by atoms with Crippen molar-refractivity contribution in [2.75, 3.05) is 4.90 Å². The number of para-hydroxylation sites is 2. The van der Waals surface area contributed by atoms with Crippen molar-refractivity contribution in [2.24, 2.45) is 0 Å². The van der Waals surface area contributed by atoms with Crippen LogP contribution in [0.1, 0.15) is 5.56 Å². The molecule has 3 heteroatoms. The molecule has 0 saturated heterocycles. The number of aryl methyl sites for hydroxylation is 1. The van der Waals surface area contributed by atoms with E-state index in [1.54, 1.807) is 0 Å². The van der Waals surface area contributed by atoms with Crippen molar-refractivity contribution in [3.8, 4) is 11.5 Å². The molecule has 0 fully saturated rings. The molecule has 3 aromatic rings. The third-order valence-corrected chi connectivity index (χ3v) is 4.27. The molecule has 0 amide bonds.